The van der Waals surface area contributed by atoms with Crippen molar-refractivity contribution in [2.45, 2.75) is 13.5 Å². The molecule has 1 aromatic heterocycles. The van der Waals surface area contributed by atoms with Gasteiger partial charge in [0.25, 0.3) is 0 Å². The fourth-order valence-electron chi connectivity index (χ4n) is 1.05. The molecular formula is C9H13BrN2O. The van der Waals surface area contributed by atoms with Gasteiger partial charge in [-0.1, -0.05) is 0 Å². The van der Waals surface area contributed by atoms with E-state index in [9.17, 15) is 0 Å². The summed E-state index contributed by atoms with van der Waals surface area (Å²) in [4.78, 5) is 4.18. The van der Waals surface area contributed by atoms with Crippen LogP contribution in [0.15, 0.2) is 16.7 Å². The van der Waals surface area contributed by atoms with E-state index < -0.39 is 0 Å². The molecule has 0 aliphatic heterocycles. The Morgan fingerprint density at radius 1 is 1.62 bits per heavy atom. The van der Waals surface area contributed by atoms with E-state index in [1.54, 1.807) is 6.20 Å². The van der Waals surface area contributed by atoms with Crippen molar-refractivity contribution in [3.05, 3.63) is 22.3 Å². The first-order valence-electron chi connectivity index (χ1n) is 4.19. The maximum Gasteiger partial charge on any atom is 0.217 e. The SMILES string of the molecule is CCOc1ncc(Br)cc1CNC. The highest BCUT2D eigenvalue weighted by molar-refractivity contribution is 9.10. The van der Waals surface area contributed by atoms with Crippen molar-refractivity contribution in [3.63, 3.8) is 0 Å². The number of nitrogens with one attached hydrogen (secondary N) is 1. The van der Waals surface area contributed by atoms with Crippen LogP contribution < -0.4 is 10.1 Å². The molecule has 1 rings (SSSR count). The first-order chi connectivity index (χ1) is 6.27. The van der Waals surface area contributed by atoms with Crippen LogP contribution in [0.25, 0.3) is 0 Å². The molecule has 0 aromatic carbocycles. The Balaban J connectivity index is 2.89. The quantitative estimate of drug-likeness (QED) is 0.880. The number of ether oxygens (including phenoxy) is 1. The standard InChI is InChI=1S/C9H13BrN2O/c1-3-13-9-7(5-11-2)4-8(10)6-12-9/h4,6,11H,3,5H2,1-2H3. The molecule has 0 atom stereocenters. The number of aromatic nitrogens is 1. The molecule has 0 saturated heterocycles. The van der Waals surface area contributed by atoms with Crippen LogP contribution >= 0.6 is 15.9 Å². The number of hydrogen-bond acceptors (Lipinski definition) is 3. The molecule has 0 radical (unpaired) electrons. The summed E-state index contributed by atoms with van der Waals surface area (Å²) in [5.74, 6) is 0.708. The molecule has 0 unspecified atom stereocenters. The second kappa shape index (κ2) is 5.19. The molecule has 0 aliphatic carbocycles. The number of pyridine rings is 1. The molecule has 0 aliphatic rings. The Labute approximate surface area is 86.6 Å². The van der Waals surface area contributed by atoms with Gasteiger partial charge in [-0.3, -0.25) is 0 Å². The fourth-order valence-corrected chi connectivity index (χ4v) is 1.43. The lowest BCUT2D eigenvalue weighted by Gasteiger charge is -2.08. The second-order valence-electron chi connectivity index (χ2n) is 2.58. The molecule has 4 heteroatoms. The van der Waals surface area contributed by atoms with Crippen LogP contribution in [0.2, 0.25) is 0 Å². The Bertz CT molecular complexity index is 278. The van der Waals surface area contributed by atoms with Crippen molar-refractivity contribution in [1.29, 1.82) is 0 Å². The molecule has 3 nitrogen and oxygen atoms in total. The molecule has 0 amide bonds. The van der Waals surface area contributed by atoms with Crippen molar-refractivity contribution in [2.24, 2.45) is 0 Å². The molecule has 0 saturated carbocycles. The van der Waals surface area contributed by atoms with E-state index in [-0.39, 0.29) is 0 Å². The third kappa shape index (κ3) is 2.97. The van der Waals surface area contributed by atoms with E-state index in [0.29, 0.717) is 12.5 Å². The Hall–Kier alpha value is -0.610. The van der Waals surface area contributed by atoms with Crippen LogP contribution in [-0.4, -0.2) is 18.6 Å². The highest BCUT2D eigenvalue weighted by Gasteiger charge is 2.04. The summed E-state index contributed by atoms with van der Waals surface area (Å²) in [6, 6.07) is 2.01. The van der Waals surface area contributed by atoms with Crippen molar-refractivity contribution in [3.8, 4) is 5.88 Å². The van der Waals surface area contributed by atoms with Gasteiger partial charge in [0.15, 0.2) is 0 Å². The molecule has 0 bridgehead atoms. The summed E-state index contributed by atoms with van der Waals surface area (Å²) < 4.78 is 6.35. The van der Waals surface area contributed by atoms with Crippen molar-refractivity contribution in [2.75, 3.05) is 13.7 Å². The van der Waals surface area contributed by atoms with Gasteiger partial charge in [0.05, 0.1) is 6.61 Å². The average molecular weight is 245 g/mol. The monoisotopic (exact) mass is 244 g/mol. The van der Waals surface area contributed by atoms with Gasteiger partial charge in [-0.05, 0) is 36.0 Å². The normalized spacial score (nSPS) is 10.1. The third-order valence-electron chi connectivity index (χ3n) is 1.54. The first kappa shape index (κ1) is 10.5. The van der Waals surface area contributed by atoms with Crippen LogP contribution in [0.3, 0.4) is 0 Å². The number of rotatable bonds is 4. The number of nitrogens with zero attached hydrogens (tertiary/aromatic N) is 1. The van der Waals surface area contributed by atoms with Gasteiger partial charge in [0.1, 0.15) is 0 Å². The topological polar surface area (TPSA) is 34.1 Å². The van der Waals surface area contributed by atoms with E-state index in [2.05, 4.69) is 26.2 Å². The van der Waals surface area contributed by atoms with Crippen LogP contribution in [0, 0.1) is 0 Å². The number of halogens is 1. The van der Waals surface area contributed by atoms with E-state index >= 15 is 0 Å². The molecule has 1 N–H and O–H groups in total. The van der Waals surface area contributed by atoms with Gasteiger partial charge >= 0.3 is 0 Å². The summed E-state index contributed by atoms with van der Waals surface area (Å²) in [5.41, 5.74) is 1.07. The van der Waals surface area contributed by atoms with Gasteiger partial charge in [-0.2, -0.15) is 0 Å². The van der Waals surface area contributed by atoms with Crippen LogP contribution in [0.5, 0.6) is 5.88 Å². The highest BCUT2D eigenvalue weighted by atomic mass is 79.9. The van der Waals surface area contributed by atoms with Crippen LogP contribution in [-0.2, 0) is 6.54 Å². The van der Waals surface area contributed by atoms with E-state index in [4.69, 9.17) is 4.74 Å². The Kier molecular flexibility index (Phi) is 4.18. The number of hydrogen-bond donors (Lipinski definition) is 1. The minimum absolute atomic E-state index is 0.644. The molecule has 0 spiro atoms. The zero-order chi connectivity index (χ0) is 9.68. The van der Waals surface area contributed by atoms with Gasteiger partial charge in [-0.25, -0.2) is 4.98 Å². The predicted octanol–water partition coefficient (Wildman–Crippen LogP) is 1.96. The Morgan fingerprint density at radius 3 is 3.00 bits per heavy atom. The van der Waals surface area contributed by atoms with Gasteiger partial charge in [0, 0.05) is 22.8 Å². The molecule has 1 aromatic rings. The van der Waals surface area contributed by atoms with Gasteiger partial charge in [-0.15, -0.1) is 0 Å². The summed E-state index contributed by atoms with van der Waals surface area (Å²) >= 11 is 3.37. The summed E-state index contributed by atoms with van der Waals surface area (Å²) in [7, 11) is 1.90. The van der Waals surface area contributed by atoms with Crippen molar-refractivity contribution in [1.82, 2.24) is 10.3 Å². The van der Waals surface area contributed by atoms with E-state index in [0.717, 1.165) is 16.6 Å². The maximum atomic E-state index is 5.37. The van der Waals surface area contributed by atoms with E-state index in [1.807, 2.05) is 20.0 Å². The van der Waals surface area contributed by atoms with Crippen molar-refractivity contribution >= 4 is 15.9 Å². The molecule has 0 fully saturated rings. The minimum atomic E-state index is 0.644. The third-order valence-corrected chi connectivity index (χ3v) is 1.97. The zero-order valence-electron chi connectivity index (χ0n) is 7.80. The molecular weight excluding hydrogens is 232 g/mol. The second-order valence-corrected chi connectivity index (χ2v) is 3.50. The smallest absolute Gasteiger partial charge is 0.217 e. The zero-order valence-corrected chi connectivity index (χ0v) is 9.39. The maximum absolute atomic E-state index is 5.37. The lowest BCUT2D eigenvalue weighted by Crippen LogP contribution is -2.08. The van der Waals surface area contributed by atoms with Crippen LogP contribution in [0.4, 0.5) is 0 Å². The Morgan fingerprint density at radius 2 is 2.38 bits per heavy atom. The average Bonchev–Trinajstić information content (AvgIpc) is 2.10. The predicted molar refractivity (Wildman–Crippen MR) is 55.9 cm³/mol. The molecule has 1 heterocycles. The largest absolute Gasteiger partial charge is 0.478 e. The van der Waals surface area contributed by atoms with Gasteiger partial charge < -0.3 is 10.1 Å². The molecule has 13 heavy (non-hydrogen) atoms. The fraction of sp³-hybridized carbons (Fsp3) is 0.444. The highest BCUT2D eigenvalue weighted by Crippen LogP contribution is 2.19. The van der Waals surface area contributed by atoms with Gasteiger partial charge in [0.2, 0.25) is 5.88 Å². The van der Waals surface area contributed by atoms with E-state index in [1.165, 1.54) is 0 Å². The summed E-state index contributed by atoms with van der Waals surface area (Å²) in [6.07, 6.45) is 1.74. The lowest BCUT2D eigenvalue weighted by molar-refractivity contribution is 0.322. The van der Waals surface area contributed by atoms with Crippen LogP contribution in [0.1, 0.15) is 12.5 Å². The summed E-state index contributed by atoms with van der Waals surface area (Å²) in [5, 5.41) is 3.07. The summed E-state index contributed by atoms with van der Waals surface area (Å²) in [6.45, 7) is 3.36. The molecule has 72 valence electrons. The lowest BCUT2D eigenvalue weighted by atomic mass is 10.3. The van der Waals surface area contributed by atoms with Crippen molar-refractivity contribution < 1.29 is 4.74 Å². The minimum Gasteiger partial charge on any atom is -0.478 e. The first-order valence-corrected chi connectivity index (χ1v) is 4.99.